The van der Waals surface area contributed by atoms with Crippen LogP contribution in [0.3, 0.4) is 0 Å². The Kier molecular flexibility index (Phi) is 5.76. The first kappa shape index (κ1) is 16.3. The minimum Gasteiger partial charge on any atom is -0.354 e. The minimum absolute atomic E-state index is 0.333. The monoisotopic (exact) mass is 302 g/mol. The van der Waals surface area contributed by atoms with Gasteiger partial charge in [-0.2, -0.15) is 5.26 Å². The van der Waals surface area contributed by atoms with Gasteiger partial charge in [0.25, 0.3) is 0 Å². The third-order valence-electron chi connectivity index (χ3n) is 4.13. The number of halogens is 1. The maximum atomic E-state index is 13.8. The Morgan fingerprint density at radius 2 is 2.27 bits per heavy atom. The highest BCUT2D eigenvalue weighted by molar-refractivity contribution is 5.79. The fraction of sp³-hybridized carbons (Fsp3) is 0.529. The van der Waals surface area contributed by atoms with Gasteiger partial charge in [0, 0.05) is 25.2 Å². The van der Waals surface area contributed by atoms with E-state index in [0.717, 1.165) is 18.8 Å². The van der Waals surface area contributed by atoms with Gasteiger partial charge in [-0.15, -0.1) is 0 Å². The number of aliphatic imine (C=N–C) groups is 1. The summed E-state index contributed by atoms with van der Waals surface area (Å²) in [5.74, 6) is 1.07. The molecule has 4 nitrogen and oxygen atoms in total. The fourth-order valence-electron chi connectivity index (χ4n) is 2.89. The molecular formula is C17H23FN4. The molecule has 0 amide bonds. The predicted molar refractivity (Wildman–Crippen MR) is 85.9 cm³/mol. The number of nitrogens with zero attached hydrogens (tertiary/aromatic N) is 2. The topological polar surface area (TPSA) is 60.2 Å². The van der Waals surface area contributed by atoms with Crippen LogP contribution in [0, 0.1) is 23.1 Å². The highest BCUT2D eigenvalue weighted by Gasteiger charge is 2.19. The van der Waals surface area contributed by atoms with Gasteiger partial charge in [0.05, 0.1) is 11.6 Å². The van der Waals surface area contributed by atoms with E-state index < -0.39 is 0 Å². The smallest absolute Gasteiger partial charge is 0.191 e. The van der Waals surface area contributed by atoms with E-state index in [9.17, 15) is 4.39 Å². The predicted octanol–water partition coefficient (Wildman–Crippen LogP) is 2.94. The maximum absolute atomic E-state index is 13.8. The summed E-state index contributed by atoms with van der Waals surface area (Å²) in [5, 5.41) is 15.3. The van der Waals surface area contributed by atoms with Crippen molar-refractivity contribution in [3.8, 4) is 6.07 Å². The van der Waals surface area contributed by atoms with Gasteiger partial charge in [0.15, 0.2) is 5.96 Å². The van der Waals surface area contributed by atoms with Crippen molar-refractivity contribution in [3.05, 3.63) is 35.1 Å². The third kappa shape index (κ3) is 4.45. The van der Waals surface area contributed by atoms with Crippen molar-refractivity contribution < 1.29 is 4.39 Å². The van der Waals surface area contributed by atoms with Crippen LogP contribution in [0.4, 0.5) is 4.39 Å². The molecule has 2 rings (SSSR count). The number of hydrogen-bond donors (Lipinski definition) is 2. The van der Waals surface area contributed by atoms with Gasteiger partial charge in [0.2, 0.25) is 0 Å². The van der Waals surface area contributed by atoms with Crippen molar-refractivity contribution in [2.75, 3.05) is 7.05 Å². The van der Waals surface area contributed by atoms with Gasteiger partial charge in [-0.05, 0) is 30.9 Å². The Balaban J connectivity index is 1.90. The molecule has 0 spiro atoms. The second-order valence-corrected chi connectivity index (χ2v) is 5.96. The zero-order valence-corrected chi connectivity index (χ0v) is 13.2. The molecule has 1 fully saturated rings. The van der Waals surface area contributed by atoms with E-state index in [0.29, 0.717) is 29.7 Å². The first-order valence-electron chi connectivity index (χ1n) is 7.78. The standard InChI is InChI=1S/C17H23FN4/c1-12-4-3-5-15(8-12)22-17(20-2)21-11-14-7-6-13(10-19)9-16(14)18/h6-7,9,12,15H,3-5,8,11H2,1-2H3,(H2,20,21,22). The van der Waals surface area contributed by atoms with Gasteiger partial charge in [-0.1, -0.05) is 25.8 Å². The van der Waals surface area contributed by atoms with Crippen molar-refractivity contribution in [3.63, 3.8) is 0 Å². The molecule has 2 atom stereocenters. The van der Waals surface area contributed by atoms with Crippen molar-refractivity contribution >= 4 is 5.96 Å². The van der Waals surface area contributed by atoms with Crippen LogP contribution in [0.5, 0.6) is 0 Å². The summed E-state index contributed by atoms with van der Waals surface area (Å²) < 4.78 is 13.8. The van der Waals surface area contributed by atoms with Crippen LogP contribution in [0.25, 0.3) is 0 Å². The summed E-state index contributed by atoms with van der Waals surface area (Å²) >= 11 is 0. The SMILES string of the molecule is CN=C(NCc1ccc(C#N)cc1F)NC1CCCC(C)C1. The fourth-order valence-corrected chi connectivity index (χ4v) is 2.89. The van der Waals surface area contributed by atoms with Crippen LogP contribution in [0.2, 0.25) is 0 Å². The maximum Gasteiger partial charge on any atom is 0.191 e. The summed E-state index contributed by atoms with van der Waals surface area (Å²) in [6.45, 7) is 2.62. The molecule has 0 aliphatic heterocycles. The third-order valence-corrected chi connectivity index (χ3v) is 4.13. The van der Waals surface area contributed by atoms with Gasteiger partial charge < -0.3 is 10.6 Å². The second-order valence-electron chi connectivity index (χ2n) is 5.96. The summed E-state index contributed by atoms with van der Waals surface area (Å²) in [4.78, 5) is 4.21. The normalized spacial score (nSPS) is 22.0. The average Bonchev–Trinajstić information content (AvgIpc) is 2.52. The number of benzene rings is 1. The first-order valence-corrected chi connectivity index (χ1v) is 7.78. The lowest BCUT2D eigenvalue weighted by molar-refractivity contribution is 0.324. The molecule has 2 unspecified atom stereocenters. The zero-order chi connectivity index (χ0) is 15.9. The van der Waals surface area contributed by atoms with Gasteiger partial charge in [0.1, 0.15) is 5.82 Å². The Bertz CT molecular complexity index is 577. The molecule has 118 valence electrons. The summed E-state index contributed by atoms with van der Waals surface area (Å²) in [6.07, 6.45) is 4.82. The van der Waals surface area contributed by atoms with Gasteiger partial charge in [-0.25, -0.2) is 4.39 Å². The largest absolute Gasteiger partial charge is 0.354 e. The van der Waals surface area contributed by atoms with Gasteiger partial charge >= 0.3 is 0 Å². The molecule has 1 saturated carbocycles. The first-order chi connectivity index (χ1) is 10.6. The zero-order valence-electron chi connectivity index (χ0n) is 13.2. The van der Waals surface area contributed by atoms with Crippen LogP contribution >= 0.6 is 0 Å². The van der Waals surface area contributed by atoms with Crippen molar-refractivity contribution in [2.45, 2.75) is 45.2 Å². The lowest BCUT2D eigenvalue weighted by Gasteiger charge is -2.28. The molecule has 1 aromatic rings. The molecule has 0 aromatic heterocycles. The van der Waals surface area contributed by atoms with E-state index in [-0.39, 0.29) is 5.82 Å². The molecule has 0 bridgehead atoms. The number of nitriles is 1. The number of rotatable bonds is 3. The lowest BCUT2D eigenvalue weighted by Crippen LogP contribution is -2.44. The van der Waals surface area contributed by atoms with Crippen LogP contribution < -0.4 is 10.6 Å². The van der Waals surface area contributed by atoms with E-state index in [2.05, 4.69) is 22.5 Å². The summed E-state index contributed by atoms with van der Waals surface area (Å²) in [7, 11) is 1.72. The van der Waals surface area contributed by atoms with E-state index in [1.807, 2.05) is 6.07 Å². The van der Waals surface area contributed by atoms with Crippen molar-refractivity contribution in [1.29, 1.82) is 5.26 Å². The van der Waals surface area contributed by atoms with E-state index in [1.165, 1.54) is 18.9 Å². The van der Waals surface area contributed by atoms with Crippen LogP contribution in [-0.4, -0.2) is 19.0 Å². The Morgan fingerprint density at radius 3 is 2.91 bits per heavy atom. The van der Waals surface area contributed by atoms with Crippen LogP contribution in [0.1, 0.15) is 43.7 Å². The molecule has 5 heteroatoms. The Labute approximate surface area is 131 Å². The second kappa shape index (κ2) is 7.79. The quantitative estimate of drug-likeness (QED) is 0.666. The Hall–Kier alpha value is -2.09. The van der Waals surface area contributed by atoms with Crippen molar-refractivity contribution in [1.82, 2.24) is 10.6 Å². The highest BCUT2D eigenvalue weighted by Crippen LogP contribution is 2.23. The highest BCUT2D eigenvalue weighted by atomic mass is 19.1. The molecule has 0 heterocycles. The Morgan fingerprint density at radius 1 is 1.45 bits per heavy atom. The number of hydrogen-bond acceptors (Lipinski definition) is 2. The molecule has 22 heavy (non-hydrogen) atoms. The molecule has 1 aromatic carbocycles. The van der Waals surface area contributed by atoms with Crippen LogP contribution in [-0.2, 0) is 6.54 Å². The van der Waals surface area contributed by atoms with E-state index in [1.54, 1.807) is 19.2 Å². The van der Waals surface area contributed by atoms with Crippen LogP contribution in [0.15, 0.2) is 23.2 Å². The van der Waals surface area contributed by atoms with Gasteiger partial charge in [-0.3, -0.25) is 4.99 Å². The lowest BCUT2D eigenvalue weighted by atomic mass is 9.87. The average molecular weight is 302 g/mol. The molecule has 2 N–H and O–H groups in total. The molecule has 0 saturated heterocycles. The van der Waals surface area contributed by atoms with E-state index in [4.69, 9.17) is 5.26 Å². The molecule has 1 aliphatic carbocycles. The minimum atomic E-state index is -0.367. The van der Waals surface area contributed by atoms with E-state index >= 15 is 0 Å². The summed E-state index contributed by atoms with van der Waals surface area (Å²) in [5.41, 5.74) is 0.860. The summed E-state index contributed by atoms with van der Waals surface area (Å²) in [6, 6.07) is 6.88. The molecular weight excluding hydrogens is 279 g/mol. The number of guanidine groups is 1. The number of nitrogens with one attached hydrogen (secondary N) is 2. The van der Waals surface area contributed by atoms with Crippen molar-refractivity contribution in [2.24, 2.45) is 10.9 Å². The molecule has 0 radical (unpaired) electrons. The molecule has 1 aliphatic rings.